The Labute approximate surface area is 189 Å². The van der Waals surface area contributed by atoms with E-state index in [1.54, 1.807) is 0 Å². The van der Waals surface area contributed by atoms with Crippen LogP contribution in [0.5, 0.6) is 0 Å². The number of piperidine rings is 1. The number of amides is 3. The zero-order valence-electron chi connectivity index (χ0n) is 24.9. The standard InChI is InChI=1S/C21H25F3N4O3/c1-21(2,3)27-8-6-26(7-9-27)18-15(22)11-10-28(12-4-5-13(29)25-19(12)30)20(31)14(11)16(23)17(18)24/h12H,4-10H2,1-3H3,(H,25,29,30)/t12-/m0/s1/i6D2,7D2,8D2,9D2. The van der Waals surface area contributed by atoms with Crippen LogP contribution in [0.1, 0.15) is 60.5 Å². The van der Waals surface area contributed by atoms with E-state index in [0.29, 0.717) is 4.90 Å². The molecule has 3 amide bonds. The molecule has 0 aromatic heterocycles. The van der Waals surface area contributed by atoms with Crippen molar-refractivity contribution in [3.63, 3.8) is 0 Å². The van der Waals surface area contributed by atoms with Gasteiger partial charge in [0, 0.05) is 49.0 Å². The minimum absolute atomic E-state index is 0.191. The molecule has 2 fully saturated rings. The minimum Gasteiger partial charge on any atom is -0.364 e. The van der Waals surface area contributed by atoms with Gasteiger partial charge in [0.25, 0.3) is 5.91 Å². The Morgan fingerprint density at radius 3 is 2.23 bits per heavy atom. The van der Waals surface area contributed by atoms with Crippen molar-refractivity contribution in [1.29, 1.82) is 0 Å². The second-order valence-electron chi connectivity index (χ2n) is 8.33. The van der Waals surface area contributed by atoms with Crippen LogP contribution in [0.15, 0.2) is 0 Å². The van der Waals surface area contributed by atoms with Gasteiger partial charge in [-0.25, -0.2) is 13.2 Å². The van der Waals surface area contributed by atoms with Gasteiger partial charge in [-0.1, -0.05) is 0 Å². The number of carbonyl (C=O) groups excluding carboxylic acids is 3. The molecule has 0 bridgehead atoms. The number of carbonyl (C=O) groups is 3. The molecule has 4 rings (SSSR count). The van der Waals surface area contributed by atoms with Crippen molar-refractivity contribution in [3.05, 3.63) is 28.6 Å². The van der Waals surface area contributed by atoms with Crippen molar-refractivity contribution in [2.24, 2.45) is 0 Å². The van der Waals surface area contributed by atoms with E-state index in [1.165, 1.54) is 20.8 Å². The average Bonchev–Trinajstić information content (AvgIpc) is 3.09. The van der Waals surface area contributed by atoms with Gasteiger partial charge < -0.3 is 9.80 Å². The van der Waals surface area contributed by atoms with E-state index in [9.17, 15) is 14.4 Å². The maximum absolute atomic E-state index is 16.0. The summed E-state index contributed by atoms with van der Waals surface area (Å²) in [6.07, 6.45) is -0.382. The third kappa shape index (κ3) is 3.56. The molecule has 0 aliphatic carbocycles. The predicted molar refractivity (Wildman–Crippen MR) is 106 cm³/mol. The normalized spacial score (nSPS) is 33.1. The highest BCUT2D eigenvalue weighted by molar-refractivity contribution is 6.05. The number of nitrogens with zero attached hydrogens (tertiary/aromatic N) is 3. The number of benzene rings is 1. The fourth-order valence-electron chi connectivity index (χ4n) is 3.58. The molecule has 2 saturated heterocycles. The summed E-state index contributed by atoms with van der Waals surface area (Å²) in [7, 11) is 0. The van der Waals surface area contributed by atoms with Crippen LogP contribution >= 0.6 is 0 Å². The fourth-order valence-corrected chi connectivity index (χ4v) is 3.58. The summed E-state index contributed by atoms with van der Waals surface area (Å²) in [5, 5.41) is 1.98. The number of hydrogen-bond donors (Lipinski definition) is 1. The third-order valence-corrected chi connectivity index (χ3v) is 5.23. The van der Waals surface area contributed by atoms with Crippen molar-refractivity contribution >= 4 is 23.4 Å². The first-order chi connectivity index (χ1) is 17.5. The topological polar surface area (TPSA) is 73.0 Å². The van der Waals surface area contributed by atoms with Crippen molar-refractivity contribution in [2.75, 3.05) is 30.9 Å². The van der Waals surface area contributed by atoms with E-state index in [2.05, 4.69) is 0 Å². The summed E-state index contributed by atoms with van der Waals surface area (Å²) in [5.74, 6) is -8.93. The van der Waals surface area contributed by atoms with E-state index in [-0.39, 0.29) is 17.7 Å². The van der Waals surface area contributed by atoms with Crippen LogP contribution in [-0.2, 0) is 16.1 Å². The second kappa shape index (κ2) is 7.51. The Morgan fingerprint density at radius 1 is 1.00 bits per heavy atom. The summed E-state index contributed by atoms with van der Waals surface area (Å²) in [4.78, 5) is 37.2. The van der Waals surface area contributed by atoms with Crippen LogP contribution in [0, 0.1) is 17.5 Å². The lowest BCUT2D eigenvalue weighted by atomic mass is 10.0. The predicted octanol–water partition coefficient (Wildman–Crippen LogP) is 1.79. The molecule has 0 unspecified atom stereocenters. The largest absolute Gasteiger partial charge is 0.364 e. The number of rotatable bonds is 2. The molecular weight excluding hydrogens is 413 g/mol. The zero-order valence-corrected chi connectivity index (χ0v) is 16.9. The summed E-state index contributed by atoms with van der Waals surface area (Å²) >= 11 is 0. The summed E-state index contributed by atoms with van der Waals surface area (Å²) in [5.41, 5.74) is -5.28. The molecule has 10 heteroatoms. The maximum atomic E-state index is 16.0. The first kappa shape index (κ1) is 13.7. The Kier molecular flexibility index (Phi) is 3.32. The molecule has 3 aliphatic heterocycles. The van der Waals surface area contributed by atoms with Gasteiger partial charge in [0.05, 0.1) is 17.6 Å². The molecule has 1 N–H and O–H groups in total. The highest BCUT2D eigenvalue weighted by Crippen LogP contribution is 2.38. The number of halogens is 3. The van der Waals surface area contributed by atoms with Crippen LogP contribution in [-0.4, -0.2) is 65.1 Å². The Balaban J connectivity index is 1.92. The summed E-state index contributed by atoms with van der Waals surface area (Å²) in [6, 6.07) is -1.34. The fraction of sp³-hybridized carbons (Fsp3) is 0.571. The van der Waals surface area contributed by atoms with Crippen LogP contribution in [0.2, 0.25) is 0 Å². The van der Waals surface area contributed by atoms with Crippen molar-refractivity contribution in [3.8, 4) is 0 Å². The molecule has 31 heavy (non-hydrogen) atoms. The van der Waals surface area contributed by atoms with Gasteiger partial charge in [0.2, 0.25) is 11.8 Å². The van der Waals surface area contributed by atoms with Gasteiger partial charge in [0.15, 0.2) is 17.5 Å². The lowest BCUT2D eigenvalue weighted by molar-refractivity contribution is -0.136. The second-order valence-corrected chi connectivity index (χ2v) is 8.33. The number of imide groups is 1. The van der Waals surface area contributed by atoms with Gasteiger partial charge in [-0.15, -0.1) is 0 Å². The van der Waals surface area contributed by atoms with E-state index < -0.39 is 101 Å². The molecular formula is C21H25F3N4O3. The van der Waals surface area contributed by atoms with Gasteiger partial charge >= 0.3 is 0 Å². The van der Waals surface area contributed by atoms with Crippen molar-refractivity contribution in [1.82, 2.24) is 15.1 Å². The van der Waals surface area contributed by atoms with Crippen LogP contribution in [0.3, 0.4) is 0 Å². The SMILES string of the molecule is [2H]C1([2H])N(c2c(F)c(F)c3c(c2F)CN([C@H]2CCC(=O)NC2=O)C3=O)C([2H])([2H])C([2H])([2H])N(C(C)(C)C)C1([2H])[2H]. The summed E-state index contributed by atoms with van der Waals surface area (Å²) < 4.78 is 115. The van der Waals surface area contributed by atoms with Gasteiger partial charge in [-0.2, -0.15) is 0 Å². The van der Waals surface area contributed by atoms with Crippen molar-refractivity contribution in [2.45, 2.75) is 51.7 Å². The molecule has 3 heterocycles. The lowest BCUT2D eigenvalue weighted by Crippen LogP contribution is -2.53. The smallest absolute Gasteiger partial charge is 0.258 e. The van der Waals surface area contributed by atoms with Gasteiger partial charge in [-0.05, 0) is 27.2 Å². The number of anilines is 1. The molecule has 7 nitrogen and oxygen atoms in total. The molecule has 168 valence electrons. The first-order valence-electron chi connectivity index (χ1n) is 13.5. The number of piperazine rings is 1. The minimum atomic E-state index is -3.70. The summed E-state index contributed by atoms with van der Waals surface area (Å²) in [6.45, 7) is -11.3. The first-order valence-corrected chi connectivity index (χ1v) is 9.47. The third-order valence-electron chi connectivity index (χ3n) is 5.23. The van der Waals surface area contributed by atoms with Gasteiger partial charge in [0.1, 0.15) is 11.7 Å². The Hall–Kier alpha value is -2.62. The van der Waals surface area contributed by atoms with Crippen LogP contribution < -0.4 is 10.2 Å². The molecule has 0 spiro atoms. The number of hydrogen-bond acceptors (Lipinski definition) is 5. The average molecular weight is 446 g/mol. The molecule has 0 radical (unpaired) electrons. The van der Waals surface area contributed by atoms with E-state index in [4.69, 9.17) is 11.0 Å². The van der Waals surface area contributed by atoms with Crippen LogP contribution in [0.4, 0.5) is 18.9 Å². The highest BCUT2D eigenvalue weighted by Gasteiger charge is 2.44. The molecule has 0 saturated carbocycles. The Morgan fingerprint density at radius 2 is 1.65 bits per heavy atom. The van der Waals surface area contributed by atoms with E-state index in [0.717, 1.165) is 0 Å². The molecule has 1 aromatic rings. The van der Waals surface area contributed by atoms with Crippen LogP contribution in [0.25, 0.3) is 0 Å². The monoisotopic (exact) mass is 446 g/mol. The molecule has 3 aliphatic rings. The number of nitrogens with one attached hydrogen (secondary N) is 1. The van der Waals surface area contributed by atoms with E-state index >= 15 is 13.2 Å². The quantitative estimate of drug-likeness (QED) is 0.554. The molecule has 1 atom stereocenters. The van der Waals surface area contributed by atoms with E-state index in [1.807, 2.05) is 5.32 Å². The lowest BCUT2D eigenvalue weighted by Gasteiger charge is -2.43. The maximum Gasteiger partial charge on any atom is 0.258 e. The highest BCUT2D eigenvalue weighted by atomic mass is 19.2. The van der Waals surface area contributed by atoms with Gasteiger partial charge in [-0.3, -0.25) is 24.6 Å². The zero-order chi connectivity index (χ0) is 29.8. The molecule has 1 aromatic carbocycles. The van der Waals surface area contributed by atoms with Crippen molar-refractivity contribution < 1.29 is 38.5 Å². The number of fused-ring (bicyclic) bond motifs is 1. The Bertz CT molecular complexity index is 1280.